The van der Waals surface area contributed by atoms with Crippen LogP contribution in [0.2, 0.25) is 0 Å². The Morgan fingerprint density at radius 3 is 2.97 bits per heavy atom. The molecule has 0 saturated carbocycles. The molecule has 1 aromatic carbocycles. The molecule has 1 aliphatic rings. The van der Waals surface area contributed by atoms with Crippen LogP contribution >= 0.6 is 0 Å². The highest BCUT2D eigenvalue weighted by molar-refractivity contribution is 5.82. The van der Waals surface area contributed by atoms with E-state index in [9.17, 15) is 14.0 Å². The maximum absolute atomic E-state index is 13.5. The summed E-state index contributed by atoms with van der Waals surface area (Å²) in [5.74, 6) is -0.0000822. The maximum Gasteiger partial charge on any atom is 0.315 e. The number of amides is 3. The first-order valence-corrected chi connectivity index (χ1v) is 10.1. The number of hydrogen-bond acceptors (Lipinski definition) is 4. The number of piperidine rings is 1. The van der Waals surface area contributed by atoms with Crippen LogP contribution in [-0.2, 0) is 4.79 Å². The monoisotopic (exact) mass is 404 g/mol. The van der Waals surface area contributed by atoms with Crippen molar-refractivity contribution in [2.24, 2.45) is 11.7 Å². The highest BCUT2D eigenvalue weighted by Crippen LogP contribution is 2.29. The summed E-state index contributed by atoms with van der Waals surface area (Å²) in [6, 6.07) is 3.76. The van der Waals surface area contributed by atoms with Crippen LogP contribution in [0.25, 0.3) is 11.0 Å². The second-order valence-corrected chi connectivity index (χ2v) is 7.75. The van der Waals surface area contributed by atoms with Gasteiger partial charge < -0.3 is 25.7 Å². The topological polar surface area (TPSA) is 101 Å². The van der Waals surface area contributed by atoms with Crippen molar-refractivity contribution in [1.82, 2.24) is 15.5 Å². The molecule has 2 aromatic rings. The SMILES string of the molecule is Cc1c(C(C)NC(=O)NCCCN2CCCC(C(N)=O)C2)oc2ccc(F)cc12. The van der Waals surface area contributed by atoms with E-state index in [2.05, 4.69) is 15.5 Å². The van der Waals surface area contributed by atoms with Gasteiger partial charge in [-0.15, -0.1) is 0 Å². The van der Waals surface area contributed by atoms with E-state index in [4.69, 9.17) is 10.2 Å². The Kier molecular flexibility index (Phi) is 6.74. The average Bonchev–Trinajstić information content (AvgIpc) is 3.01. The largest absolute Gasteiger partial charge is 0.459 e. The van der Waals surface area contributed by atoms with E-state index in [1.165, 1.54) is 12.1 Å². The molecule has 29 heavy (non-hydrogen) atoms. The number of aryl methyl sites for hydroxylation is 1. The molecular formula is C21H29FN4O3. The summed E-state index contributed by atoms with van der Waals surface area (Å²) in [7, 11) is 0. The highest BCUT2D eigenvalue weighted by Gasteiger charge is 2.23. The summed E-state index contributed by atoms with van der Waals surface area (Å²) in [5.41, 5.74) is 6.83. The lowest BCUT2D eigenvalue weighted by atomic mass is 9.97. The quantitative estimate of drug-likeness (QED) is 0.618. The van der Waals surface area contributed by atoms with Gasteiger partial charge in [-0.3, -0.25) is 4.79 Å². The molecule has 7 nitrogen and oxygen atoms in total. The van der Waals surface area contributed by atoms with Crippen LogP contribution in [-0.4, -0.2) is 43.0 Å². The number of urea groups is 1. The van der Waals surface area contributed by atoms with Crippen LogP contribution in [0.15, 0.2) is 22.6 Å². The minimum atomic E-state index is -0.344. The van der Waals surface area contributed by atoms with Gasteiger partial charge in [-0.25, -0.2) is 9.18 Å². The molecule has 8 heteroatoms. The van der Waals surface area contributed by atoms with Gasteiger partial charge >= 0.3 is 6.03 Å². The second-order valence-electron chi connectivity index (χ2n) is 7.75. The number of halogens is 1. The lowest BCUT2D eigenvalue weighted by molar-refractivity contribution is -0.123. The van der Waals surface area contributed by atoms with Gasteiger partial charge in [0.15, 0.2) is 0 Å². The average molecular weight is 404 g/mol. The molecular weight excluding hydrogens is 375 g/mol. The molecule has 1 saturated heterocycles. The first kappa shape index (κ1) is 21.1. The van der Waals surface area contributed by atoms with Crippen molar-refractivity contribution >= 4 is 22.9 Å². The number of primary amides is 1. The van der Waals surface area contributed by atoms with Crippen molar-refractivity contribution in [3.63, 3.8) is 0 Å². The van der Waals surface area contributed by atoms with Crippen molar-refractivity contribution < 1.29 is 18.4 Å². The summed E-state index contributed by atoms with van der Waals surface area (Å²) < 4.78 is 19.3. The highest BCUT2D eigenvalue weighted by atomic mass is 19.1. The first-order chi connectivity index (χ1) is 13.8. The molecule has 0 radical (unpaired) electrons. The van der Waals surface area contributed by atoms with Gasteiger partial charge in [0.05, 0.1) is 12.0 Å². The third-order valence-electron chi connectivity index (χ3n) is 5.52. The molecule has 158 valence electrons. The Morgan fingerprint density at radius 1 is 1.41 bits per heavy atom. The van der Waals surface area contributed by atoms with E-state index in [1.54, 1.807) is 6.07 Å². The van der Waals surface area contributed by atoms with Crippen LogP contribution in [0.4, 0.5) is 9.18 Å². The minimum absolute atomic E-state index is 0.0682. The summed E-state index contributed by atoms with van der Waals surface area (Å²) in [6.45, 7) is 6.69. The summed E-state index contributed by atoms with van der Waals surface area (Å²) in [6.07, 6.45) is 2.62. The Hall–Kier alpha value is -2.61. The van der Waals surface area contributed by atoms with Crippen molar-refractivity contribution in [3.05, 3.63) is 35.3 Å². The van der Waals surface area contributed by atoms with Gasteiger partial charge in [-0.2, -0.15) is 0 Å². The van der Waals surface area contributed by atoms with Crippen LogP contribution in [0, 0.1) is 18.7 Å². The number of hydrogen-bond donors (Lipinski definition) is 3. The minimum Gasteiger partial charge on any atom is -0.459 e. The number of carbonyl (C=O) groups is 2. The summed E-state index contributed by atoms with van der Waals surface area (Å²) in [5, 5.41) is 6.42. The van der Waals surface area contributed by atoms with Gasteiger partial charge in [0, 0.05) is 24.0 Å². The Bertz CT molecular complexity index is 882. The van der Waals surface area contributed by atoms with Gasteiger partial charge in [-0.05, 0) is 64.4 Å². The lowest BCUT2D eigenvalue weighted by Gasteiger charge is -2.31. The molecule has 2 atom stereocenters. The number of furan rings is 1. The Labute approximate surface area is 169 Å². The van der Waals surface area contributed by atoms with Crippen molar-refractivity contribution in [2.75, 3.05) is 26.2 Å². The van der Waals surface area contributed by atoms with Gasteiger partial charge in [-0.1, -0.05) is 0 Å². The maximum atomic E-state index is 13.5. The van der Waals surface area contributed by atoms with Crippen molar-refractivity contribution in [2.45, 2.75) is 39.2 Å². The Morgan fingerprint density at radius 2 is 2.21 bits per heavy atom. The number of nitrogens with one attached hydrogen (secondary N) is 2. The molecule has 0 spiro atoms. The van der Waals surface area contributed by atoms with Crippen molar-refractivity contribution in [1.29, 1.82) is 0 Å². The van der Waals surface area contributed by atoms with Gasteiger partial charge in [0.1, 0.15) is 17.2 Å². The molecule has 2 unspecified atom stereocenters. The first-order valence-electron chi connectivity index (χ1n) is 10.1. The Balaban J connectivity index is 1.44. The predicted octanol–water partition coefficient (Wildman–Crippen LogP) is 2.83. The molecule has 2 heterocycles. The fraction of sp³-hybridized carbons (Fsp3) is 0.524. The van der Waals surface area contributed by atoms with Crippen molar-refractivity contribution in [3.8, 4) is 0 Å². The fourth-order valence-corrected chi connectivity index (χ4v) is 3.93. The standard InChI is InChI=1S/C21H29FN4O3/c1-13-17-11-16(22)6-7-18(17)29-19(13)14(2)25-21(28)24-8-4-10-26-9-3-5-15(12-26)20(23)27/h6-7,11,14-15H,3-5,8-10,12H2,1-2H3,(H2,23,27)(H2,24,25,28). The lowest BCUT2D eigenvalue weighted by Crippen LogP contribution is -2.42. The number of fused-ring (bicyclic) bond motifs is 1. The third kappa shape index (κ3) is 5.26. The summed E-state index contributed by atoms with van der Waals surface area (Å²) >= 11 is 0. The molecule has 3 rings (SSSR count). The number of carbonyl (C=O) groups excluding carboxylic acids is 2. The van der Waals surface area contributed by atoms with E-state index in [0.29, 0.717) is 29.8 Å². The zero-order valence-corrected chi connectivity index (χ0v) is 17.0. The molecule has 0 bridgehead atoms. The molecule has 0 aliphatic carbocycles. The molecule has 1 fully saturated rings. The number of nitrogens with zero attached hydrogens (tertiary/aromatic N) is 1. The number of rotatable bonds is 7. The smallest absolute Gasteiger partial charge is 0.315 e. The molecule has 4 N–H and O–H groups in total. The van der Waals surface area contributed by atoms with Crippen LogP contribution in [0.3, 0.4) is 0 Å². The number of nitrogens with two attached hydrogens (primary N) is 1. The number of benzene rings is 1. The second kappa shape index (κ2) is 9.26. The fourth-order valence-electron chi connectivity index (χ4n) is 3.93. The van der Waals surface area contributed by atoms with Crippen LogP contribution in [0.5, 0.6) is 0 Å². The van der Waals surface area contributed by atoms with E-state index in [-0.39, 0.29) is 29.7 Å². The normalized spacial score (nSPS) is 18.5. The molecule has 3 amide bonds. The van der Waals surface area contributed by atoms with E-state index in [0.717, 1.165) is 37.9 Å². The van der Waals surface area contributed by atoms with E-state index < -0.39 is 0 Å². The zero-order chi connectivity index (χ0) is 21.0. The predicted molar refractivity (Wildman–Crippen MR) is 109 cm³/mol. The van der Waals surface area contributed by atoms with Crippen LogP contribution < -0.4 is 16.4 Å². The molecule has 1 aromatic heterocycles. The van der Waals surface area contributed by atoms with E-state index >= 15 is 0 Å². The zero-order valence-electron chi connectivity index (χ0n) is 17.0. The summed E-state index contributed by atoms with van der Waals surface area (Å²) in [4.78, 5) is 25.8. The van der Waals surface area contributed by atoms with Gasteiger partial charge in [0.2, 0.25) is 5.91 Å². The van der Waals surface area contributed by atoms with Crippen LogP contribution in [0.1, 0.15) is 43.6 Å². The van der Waals surface area contributed by atoms with Gasteiger partial charge in [0.25, 0.3) is 0 Å². The molecule has 1 aliphatic heterocycles. The third-order valence-corrected chi connectivity index (χ3v) is 5.52. The van der Waals surface area contributed by atoms with E-state index in [1.807, 2.05) is 13.8 Å². The number of likely N-dealkylation sites (tertiary alicyclic amines) is 1.